The predicted octanol–water partition coefficient (Wildman–Crippen LogP) is 3.58. The smallest absolute Gasteiger partial charge is 0.229 e. The third-order valence-corrected chi connectivity index (χ3v) is 4.82. The molecule has 1 aliphatic rings. The molecule has 0 bridgehead atoms. The summed E-state index contributed by atoms with van der Waals surface area (Å²) >= 11 is 0. The minimum absolute atomic E-state index is 0.0492. The maximum Gasteiger partial charge on any atom is 0.229 e. The van der Waals surface area contributed by atoms with Gasteiger partial charge in [0.1, 0.15) is 11.6 Å². The molecule has 138 valence electrons. The van der Waals surface area contributed by atoms with Crippen molar-refractivity contribution in [3.63, 3.8) is 0 Å². The molecule has 3 heterocycles. The molecule has 0 unspecified atom stereocenters. The Bertz CT molecular complexity index is 942. The summed E-state index contributed by atoms with van der Waals surface area (Å²) < 4.78 is 0. The summed E-state index contributed by atoms with van der Waals surface area (Å²) in [6, 6.07) is 13.8. The Kier molecular flexibility index (Phi) is 4.49. The lowest BCUT2D eigenvalue weighted by atomic mass is 9.89. The van der Waals surface area contributed by atoms with E-state index in [1.54, 1.807) is 6.20 Å². The van der Waals surface area contributed by atoms with Crippen LogP contribution in [0.3, 0.4) is 0 Å². The Labute approximate surface area is 158 Å². The van der Waals surface area contributed by atoms with Crippen molar-refractivity contribution in [3.05, 3.63) is 66.0 Å². The lowest BCUT2D eigenvalue weighted by Gasteiger charge is -2.20. The molecule has 27 heavy (non-hydrogen) atoms. The molecule has 0 fully saturated rings. The van der Waals surface area contributed by atoms with Crippen LogP contribution in [0.15, 0.2) is 54.9 Å². The number of hydrogen-bond donors (Lipinski definition) is 2. The van der Waals surface area contributed by atoms with Crippen LogP contribution in [0.5, 0.6) is 0 Å². The van der Waals surface area contributed by atoms with E-state index in [-0.39, 0.29) is 12.0 Å². The second kappa shape index (κ2) is 6.96. The van der Waals surface area contributed by atoms with Crippen LogP contribution in [-0.4, -0.2) is 33.2 Å². The Morgan fingerprint density at radius 1 is 1.15 bits per heavy atom. The van der Waals surface area contributed by atoms with E-state index in [4.69, 9.17) is 10.1 Å². The zero-order chi connectivity index (χ0) is 18.9. The van der Waals surface area contributed by atoms with Gasteiger partial charge in [0, 0.05) is 42.2 Å². The van der Waals surface area contributed by atoms with Crippen LogP contribution in [0, 0.1) is 0 Å². The van der Waals surface area contributed by atoms with Crippen molar-refractivity contribution >= 4 is 23.3 Å². The van der Waals surface area contributed by atoms with Crippen molar-refractivity contribution in [2.75, 3.05) is 23.4 Å². The van der Waals surface area contributed by atoms with E-state index >= 15 is 0 Å². The van der Waals surface area contributed by atoms with Gasteiger partial charge in [-0.1, -0.05) is 32.0 Å². The maximum absolute atomic E-state index is 9.14. The van der Waals surface area contributed by atoms with E-state index < -0.39 is 0 Å². The van der Waals surface area contributed by atoms with E-state index in [0.29, 0.717) is 12.4 Å². The molecule has 0 spiro atoms. The molecule has 0 saturated carbocycles. The molecule has 6 heteroatoms. The summed E-state index contributed by atoms with van der Waals surface area (Å²) in [5, 5.41) is 12.4. The molecule has 1 aromatic carbocycles. The van der Waals surface area contributed by atoms with Gasteiger partial charge in [0.05, 0.1) is 0 Å². The number of aliphatic hydroxyl groups excluding tert-OH is 1. The van der Waals surface area contributed by atoms with Gasteiger partial charge in [-0.2, -0.15) is 4.98 Å². The van der Waals surface area contributed by atoms with Gasteiger partial charge in [-0.25, -0.2) is 9.97 Å². The van der Waals surface area contributed by atoms with Crippen molar-refractivity contribution in [1.29, 1.82) is 0 Å². The van der Waals surface area contributed by atoms with Crippen molar-refractivity contribution < 1.29 is 5.11 Å². The summed E-state index contributed by atoms with van der Waals surface area (Å²) in [5.74, 6) is 2.33. The average molecular weight is 361 g/mol. The molecular weight excluding hydrogens is 338 g/mol. The number of hydrogen-bond acceptors (Lipinski definition) is 6. The van der Waals surface area contributed by atoms with Crippen molar-refractivity contribution in [2.24, 2.45) is 0 Å². The van der Waals surface area contributed by atoms with Gasteiger partial charge in [0.15, 0.2) is 0 Å². The summed E-state index contributed by atoms with van der Waals surface area (Å²) in [6.07, 6.45) is 4.33. The highest BCUT2D eigenvalue weighted by Crippen LogP contribution is 2.42. The number of nitrogens with zero attached hydrogens (tertiary/aromatic N) is 4. The van der Waals surface area contributed by atoms with Gasteiger partial charge in [-0.15, -0.1) is 0 Å². The topological polar surface area (TPSA) is 74.2 Å². The van der Waals surface area contributed by atoms with Crippen LogP contribution in [0.4, 0.5) is 23.3 Å². The summed E-state index contributed by atoms with van der Waals surface area (Å²) in [7, 11) is 0. The monoisotopic (exact) mass is 361 g/mol. The fourth-order valence-corrected chi connectivity index (χ4v) is 3.44. The van der Waals surface area contributed by atoms with Crippen LogP contribution < -0.4 is 10.2 Å². The first-order chi connectivity index (χ1) is 13.1. The van der Waals surface area contributed by atoms with Gasteiger partial charge in [-0.05, 0) is 36.2 Å². The molecule has 1 aliphatic heterocycles. The van der Waals surface area contributed by atoms with Crippen LogP contribution >= 0.6 is 0 Å². The number of benzene rings is 1. The Hall–Kier alpha value is -2.99. The summed E-state index contributed by atoms with van der Waals surface area (Å²) in [5.41, 5.74) is 3.04. The van der Waals surface area contributed by atoms with E-state index in [1.807, 2.05) is 48.7 Å². The summed E-state index contributed by atoms with van der Waals surface area (Å²) in [4.78, 5) is 16.0. The zero-order valence-electron chi connectivity index (χ0n) is 15.6. The standard InChI is InChI=1S/C21H23N5O/c1-21(2)14-26(18-8-3-4-10-22-18)19-17(21)13-23-20(25-19)24-16-7-5-6-15(12-16)9-11-27/h3-8,10,12-13,27H,9,11,14H2,1-2H3,(H,23,24,25). The highest BCUT2D eigenvalue weighted by atomic mass is 16.2. The first-order valence-electron chi connectivity index (χ1n) is 9.10. The molecule has 0 atom stereocenters. The predicted molar refractivity (Wildman–Crippen MR) is 107 cm³/mol. The second-order valence-electron chi connectivity index (χ2n) is 7.39. The normalized spacial score (nSPS) is 14.9. The molecule has 0 amide bonds. The minimum Gasteiger partial charge on any atom is -0.396 e. The number of fused-ring (bicyclic) bond motifs is 1. The van der Waals surface area contributed by atoms with Crippen LogP contribution in [0.2, 0.25) is 0 Å². The van der Waals surface area contributed by atoms with E-state index in [1.165, 1.54) is 0 Å². The molecular formula is C21H23N5O. The highest BCUT2D eigenvalue weighted by Gasteiger charge is 2.38. The number of nitrogens with one attached hydrogen (secondary N) is 1. The minimum atomic E-state index is -0.0492. The van der Waals surface area contributed by atoms with Crippen molar-refractivity contribution in [1.82, 2.24) is 15.0 Å². The second-order valence-corrected chi connectivity index (χ2v) is 7.39. The molecule has 4 rings (SSSR count). The molecule has 2 aromatic heterocycles. The lowest BCUT2D eigenvalue weighted by molar-refractivity contribution is 0.299. The van der Waals surface area contributed by atoms with Gasteiger partial charge in [0.25, 0.3) is 0 Å². The summed E-state index contributed by atoms with van der Waals surface area (Å²) in [6.45, 7) is 5.34. The molecule has 0 aliphatic carbocycles. The maximum atomic E-state index is 9.14. The highest BCUT2D eigenvalue weighted by molar-refractivity contribution is 5.68. The van der Waals surface area contributed by atoms with Crippen LogP contribution in [0.1, 0.15) is 25.0 Å². The van der Waals surface area contributed by atoms with Crippen molar-refractivity contribution in [2.45, 2.75) is 25.7 Å². The van der Waals surface area contributed by atoms with E-state index in [0.717, 1.165) is 35.0 Å². The van der Waals surface area contributed by atoms with Crippen LogP contribution in [0.25, 0.3) is 0 Å². The number of rotatable bonds is 5. The zero-order valence-corrected chi connectivity index (χ0v) is 15.6. The van der Waals surface area contributed by atoms with Gasteiger partial charge in [-0.3, -0.25) is 0 Å². The number of aromatic nitrogens is 3. The fourth-order valence-electron chi connectivity index (χ4n) is 3.44. The molecule has 6 nitrogen and oxygen atoms in total. The SMILES string of the molecule is CC1(C)CN(c2ccccn2)c2nc(Nc3cccc(CCO)c3)ncc21. The quantitative estimate of drug-likeness (QED) is 0.724. The number of aliphatic hydroxyl groups is 1. The Balaban J connectivity index is 1.67. The van der Waals surface area contributed by atoms with E-state index in [2.05, 4.69) is 34.0 Å². The van der Waals surface area contributed by atoms with E-state index in [9.17, 15) is 0 Å². The molecule has 2 N–H and O–H groups in total. The van der Waals surface area contributed by atoms with Crippen molar-refractivity contribution in [3.8, 4) is 0 Å². The Morgan fingerprint density at radius 2 is 2.04 bits per heavy atom. The lowest BCUT2D eigenvalue weighted by Crippen LogP contribution is -2.25. The molecule has 3 aromatic rings. The van der Waals surface area contributed by atoms with Crippen LogP contribution in [-0.2, 0) is 11.8 Å². The number of anilines is 4. The molecule has 0 saturated heterocycles. The number of pyridine rings is 1. The Morgan fingerprint density at radius 3 is 2.81 bits per heavy atom. The van der Waals surface area contributed by atoms with Gasteiger partial charge in [0.2, 0.25) is 5.95 Å². The van der Waals surface area contributed by atoms with Gasteiger partial charge < -0.3 is 15.3 Å². The largest absolute Gasteiger partial charge is 0.396 e. The fraction of sp³-hybridized carbons (Fsp3) is 0.286. The molecule has 0 radical (unpaired) electrons. The van der Waals surface area contributed by atoms with Gasteiger partial charge >= 0.3 is 0 Å². The first-order valence-corrected chi connectivity index (χ1v) is 9.10. The third kappa shape index (κ3) is 3.48. The first kappa shape index (κ1) is 17.4. The average Bonchev–Trinajstić information content (AvgIpc) is 2.94. The third-order valence-electron chi connectivity index (χ3n) is 4.82.